The zero-order valence-electron chi connectivity index (χ0n) is 8.54. The van der Waals surface area contributed by atoms with E-state index in [0.717, 1.165) is 0 Å². The van der Waals surface area contributed by atoms with E-state index in [1.165, 1.54) is 0 Å². The van der Waals surface area contributed by atoms with E-state index in [1.807, 2.05) is 26.8 Å². The molecular weight excluding hydrogens is 166 g/mol. The molecule has 0 aliphatic heterocycles. The Kier molecular flexibility index (Phi) is 6.17. The molecule has 0 aliphatic rings. The minimum Gasteiger partial charge on any atom is -0.381 e. The van der Waals surface area contributed by atoms with Crippen LogP contribution in [0.25, 0.3) is 0 Å². The van der Waals surface area contributed by atoms with Crippen molar-refractivity contribution in [2.24, 2.45) is 11.8 Å². The summed E-state index contributed by atoms with van der Waals surface area (Å²) in [5.74, 6) is -0.384. The Morgan fingerprint density at radius 3 is 2.54 bits per heavy atom. The maximum Gasteiger partial charge on any atom is 0.152 e. The minimum atomic E-state index is -0.472. The Bertz CT molecular complexity index is 194. The summed E-state index contributed by atoms with van der Waals surface area (Å²) in [6, 6.07) is 2.02. The van der Waals surface area contributed by atoms with Crippen molar-refractivity contribution in [3.05, 3.63) is 0 Å². The summed E-state index contributed by atoms with van der Waals surface area (Å²) in [6.07, 6.45) is 0.351. The van der Waals surface area contributed by atoms with Gasteiger partial charge in [0.15, 0.2) is 5.78 Å². The molecule has 0 spiro atoms. The van der Waals surface area contributed by atoms with Gasteiger partial charge in [-0.05, 0) is 12.8 Å². The van der Waals surface area contributed by atoms with E-state index in [4.69, 9.17) is 10.00 Å². The molecule has 13 heavy (non-hydrogen) atoms. The molecule has 0 fully saturated rings. The molecule has 0 heterocycles. The first kappa shape index (κ1) is 12.1. The zero-order valence-corrected chi connectivity index (χ0v) is 8.54. The molecule has 74 valence electrons. The van der Waals surface area contributed by atoms with Crippen LogP contribution in [-0.2, 0) is 9.53 Å². The van der Waals surface area contributed by atoms with Gasteiger partial charge in [0.25, 0.3) is 0 Å². The van der Waals surface area contributed by atoms with Crippen LogP contribution in [0.2, 0.25) is 0 Å². The summed E-state index contributed by atoms with van der Waals surface area (Å²) in [5.41, 5.74) is 0. The highest BCUT2D eigenvalue weighted by Gasteiger charge is 2.20. The lowest BCUT2D eigenvalue weighted by molar-refractivity contribution is -0.123. The number of carbonyl (C=O) groups excluding carboxylic acids is 1. The normalized spacial score (nSPS) is 12.5. The van der Waals surface area contributed by atoms with Gasteiger partial charge in [-0.1, -0.05) is 13.8 Å². The summed E-state index contributed by atoms with van der Waals surface area (Å²) < 4.78 is 5.05. The average molecular weight is 183 g/mol. The number of carbonyl (C=O) groups is 1. The SMILES string of the molecule is CCOCCC(=O)C(C#N)C(C)C. The zero-order chi connectivity index (χ0) is 10.3. The van der Waals surface area contributed by atoms with Gasteiger partial charge in [0.1, 0.15) is 5.92 Å². The molecular formula is C10H17NO2. The molecule has 0 N–H and O–H groups in total. The van der Waals surface area contributed by atoms with E-state index in [2.05, 4.69) is 0 Å². The molecule has 3 heteroatoms. The first-order valence-electron chi connectivity index (χ1n) is 4.63. The van der Waals surface area contributed by atoms with E-state index in [1.54, 1.807) is 0 Å². The summed E-state index contributed by atoms with van der Waals surface area (Å²) in [5, 5.41) is 8.71. The number of rotatable bonds is 6. The standard InChI is InChI=1S/C10H17NO2/c1-4-13-6-5-10(12)9(7-11)8(2)3/h8-9H,4-6H2,1-3H3. The third-order valence-electron chi connectivity index (χ3n) is 1.85. The second-order valence-corrected chi connectivity index (χ2v) is 3.26. The molecule has 1 atom stereocenters. The van der Waals surface area contributed by atoms with Gasteiger partial charge in [0, 0.05) is 13.0 Å². The predicted octanol–water partition coefficient (Wildman–Crippen LogP) is 1.78. The van der Waals surface area contributed by atoms with Gasteiger partial charge in [-0.15, -0.1) is 0 Å². The minimum absolute atomic E-state index is 0.00838. The highest BCUT2D eigenvalue weighted by molar-refractivity contribution is 5.83. The van der Waals surface area contributed by atoms with Crippen LogP contribution in [0, 0.1) is 23.2 Å². The highest BCUT2D eigenvalue weighted by atomic mass is 16.5. The largest absolute Gasteiger partial charge is 0.381 e. The Hall–Kier alpha value is -0.880. The number of nitrogens with zero attached hydrogens (tertiary/aromatic N) is 1. The smallest absolute Gasteiger partial charge is 0.152 e. The second kappa shape index (κ2) is 6.62. The van der Waals surface area contributed by atoms with Crippen molar-refractivity contribution in [2.75, 3.05) is 13.2 Å². The summed E-state index contributed by atoms with van der Waals surface area (Å²) in [4.78, 5) is 11.4. The van der Waals surface area contributed by atoms with E-state index in [0.29, 0.717) is 19.6 Å². The monoisotopic (exact) mass is 183 g/mol. The van der Waals surface area contributed by atoms with Crippen LogP contribution >= 0.6 is 0 Å². The fourth-order valence-electron chi connectivity index (χ4n) is 1.07. The van der Waals surface area contributed by atoms with Crippen LogP contribution in [0.4, 0.5) is 0 Å². The Balaban J connectivity index is 3.87. The van der Waals surface area contributed by atoms with Crippen molar-refractivity contribution >= 4 is 5.78 Å². The highest BCUT2D eigenvalue weighted by Crippen LogP contribution is 2.12. The molecule has 0 bridgehead atoms. The van der Waals surface area contributed by atoms with Crippen LogP contribution in [0.1, 0.15) is 27.2 Å². The number of ketones is 1. The maximum absolute atomic E-state index is 11.4. The molecule has 0 rings (SSSR count). The topological polar surface area (TPSA) is 50.1 Å². The van der Waals surface area contributed by atoms with Crippen molar-refractivity contribution in [2.45, 2.75) is 27.2 Å². The van der Waals surface area contributed by atoms with Gasteiger partial charge in [0.05, 0.1) is 12.7 Å². The first-order valence-corrected chi connectivity index (χ1v) is 4.63. The fourth-order valence-corrected chi connectivity index (χ4v) is 1.07. The Morgan fingerprint density at radius 1 is 1.54 bits per heavy atom. The van der Waals surface area contributed by atoms with Crippen LogP contribution < -0.4 is 0 Å². The molecule has 0 aromatic rings. The van der Waals surface area contributed by atoms with Crippen molar-refractivity contribution < 1.29 is 9.53 Å². The summed E-state index contributed by atoms with van der Waals surface area (Å²) in [6.45, 7) is 6.69. The third-order valence-corrected chi connectivity index (χ3v) is 1.85. The second-order valence-electron chi connectivity index (χ2n) is 3.26. The van der Waals surface area contributed by atoms with Crippen molar-refractivity contribution in [1.82, 2.24) is 0 Å². The number of hydrogen-bond acceptors (Lipinski definition) is 3. The van der Waals surface area contributed by atoms with Gasteiger partial charge >= 0.3 is 0 Å². The van der Waals surface area contributed by atoms with Crippen LogP contribution in [0.3, 0.4) is 0 Å². The van der Waals surface area contributed by atoms with Gasteiger partial charge in [0.2, 0.25) is 0 Å². The Morgan fingerprint density at radius 2 is 2.15 bits per heavy atom. The lowest BCUT2D eigenvalue weighted by atomic mass is 9.92. The fraction of sp³-hybridized carbons (Fsp3) is 0.800. The molecule has 0 saturated carbocycles. The van der Waals surface area contributed by atoms with Crippen molar-refractivity contribution in [1.29, 1.82) is 5.26 Å². The first-order chi connectivity index (χ1) is 6.13. The van der Waals surface area contributed by atoms with E-state index < -0.39 is 5.92 Å². The molecule has 0 amide bonds. The molecule has 3 nitrogen and oxygen atoms in total. The predicted molar refractivity (Wildman–Crippen MR) is 50.1 cm³/mol. The Labute approximate surface area is 79.7 Å². The van der Waals surface area contributed by atoms with Crippen molar-refractivity contribution in [3.8, 4) is 6.07 Å². The summed E-state index contributed by atoms with van der Waals surface area (Å²) >= 11 is 0. The number of hydrogen-bond donors (Lipinski definition) is 0. The number of ether oxygens (including phenoxy) is 1. The molecule has 0 aliphatic carbocycles. The van der Waals surface area contributed by atoms with Gasteiger partial charge in [-0.3, -0.25) is 4.79 Å². The van der Waals surface area contributed by atoms with Crippen molar-refractivity contribution in [3.63, 3.8) is 0 Å². The van der Waals surface area contributed by atoms with E-state index >= 15 is 0 Å². The maximum atomic E-state index is 11.4. The lowest BCUT2D eigenvalue weighted by Crippen LogP contribution is -2.19. The van der Waals surface area contributed by atoms with E-state index in [-0.39, 0.29) is 11.7 Å². The molecule has 0 radical (unpaired) electrons. The third kappa shape index (κ3) is 4.64. The average Bonchev–Trinajstić information content (AvgIpc) is 2.05. The van der Waals surface area contributed by atoms with Gasteiger partial charge < -0.3 is 4.74 Å². The quantitative estimate of drug-likeness (QED) is 0.590. The molecule has 0 saturated heterocycles. The number of nitriles is 1. The van der Waals surface area contributed by atoms with Gasteiger partial charge in [-0.2, -0.15) is 5.26 Å². The van der Waals surface area contributed by atoms with Crippen LogP contribution in [0.5, 0.6) is 0 Å². The number of Topliss-reactive ketones (excluding diaryl/α,β-unsaturated/α-hetero) is 1. The molecule has 1 unspecified atom stereocenters. The molecule has 0 aromatic carbocycles. The van der Waals surface area contributed by atoms with Crippen LogP contribution in [-0.4, -0.2) is 19.0 Å². The lowest BCUT2D eigenvalue weighted by Gasteiger charge is -2.10. The summed E-state index contributed by atoms with van der Waals surface area (Å²) in [7, 11) is 0. The van der Waals surface area contributed by atoms with Gasteiger partial charge in [-0.25, -0.2) is 0 Å². The molecule has 0 aromatic heterocycles. The van der Waals surface area contributed by atoms with E-state index in [9.17, 15) is 4.79 Å². The van der Waals surface area contributed by atoms with Crippen LogP contribution in [0.15, 0.2) is 0 Å².